The summed E-state index contributed by atoms with van der Waals surface area (Å²) in [6.45, 7) is 4.92. The van der Waals surface area contributed by atoms with E-state index in [1.165, 1.54) is 12.4 Å². The lowest BCUT2D eigenvalue weighted by Crippen LogP contribution is -2.47. The molecule has 12 heteroatoms. The fourth-order valence-electron chi connectivity index (χ4n) is 3.89. The standard InChI is InChI=1S/C26H28Cl2N6O4/c27-19-3-1-2-18(14-19)25(36)32-23-5-4-20(16-29-23)31-26(37)21-15-24(30-17-22(21)28)34-8-6-33(7-9-34)10-12-38-13-11-35/h1-5,14-17,35H,6-13H2,(H,31,37)(H,29,32,36). The van der Waals surface area contributed by atoms with Crippen LogP contribution in [0.2, 0.25) is 10.0 Å². The van der Waals surface area contributed by atoms with Crippen molar-refractivity contribution in [2.24, 2.45) is 0 Å². The van der Waals surface area contributed by atoms with Crippen LogP contribution in [0.3, 0.4) is 0 Å². The van der Waals surface area contributed by atoms with Crippen molar-refractivity contribution >= 4 is 52.3 Å². The third kappa shape index (κ3) is 7.62. The molecule has 0 bridgehead atoms. The average molecular weight is 559 g/mol. The van der Waals surface area contributed by atoms with Gasteiger partial charge in [0.25, 0.3) is 11.8 Å². The van der Waals surface area contributed by atoms with Crippen molar-refractivity contribution in [2.45, 2.75) is 0 Å². The number of aliphatic hydroxyl groups is 1. The van der Waals surface area contributed by atoms with Crippen molar-refractivity contribution in [3.05, 3.63) is 76.0 Å². The van der Waals surface area contributed by atoms with E-state index >= 15 is 0 Å². The molecule has 0 spiro atoms. The van der Waals surface area contributed by atoms with Crippen LogP contribution in [0, 0.1) is 0 Å². The zero-order chi connectivity index (χ0) is 26.9. The highest BCUT2D eigenvalue weighted by Gasteiger charge is 2.20. The summed E-state index contributed by atoms with van der Waals surface area (Å²) >= 11 is 12.2. The number of nitrogens with one attached hydrogen (secondary N) is 2. The maximum atomic E-state index is 13.0. The molecule has 1 aliphatic heterocycles. The molecular formula is C26H28Cl2N6O4. The van der Waals surface area contributed by atoms with Crippen LogP contribution < -0.4 is 15.5 Å². The van der Waals surface area contributed by atoms with Gasteiger partial charge >= 0.3 is 0 Å². The molecule has 0 aliphatic carbocycles. The van der Waals surface area contributed by atoms with Crippen LogP contribution in [-0.2, 0) is 4.74 Å². The molecule has 0 saturated carbocycles. The highest BCUT2D eigenvalue weighted by atomic mass is 35.5. The van der Waals surface area contributed by atoms with Crippen LogP contribution in [0.5, 0.6) is 0 Å². The van der Waals surface area contributed by atoms with Crippen LogP contribution in [-0.4, -0.2) is 84.3 Å². The van der Waals surface area contributed by atoms with Crippen molar-refractivity contribution in [2.75, 3.05) is 68.1 Å². The van der Waals surface area contributed by atoms with E-state index in [9.17, 15) is 9.59 Å². The minimum Gasteiger partial charge on any atom is -0.394 e. The second-order valence-electron chi connectivity index (χ2n) is 8.54. The molecule has 38 heavy (non-hydrogen) atoms. The molecule has 1 aliphatic rings. The van der Waals surface area contributed by atoms with Crippen LogP contribution >= 0.6 is 23.2 Å². The summed E-state index contributed by atoms with van der Waals surface area (Å²) < 4.78 is 5.34. The Morgan fingerprint density at radius 2 is 1.76 bits per heavy atom. The van der Waals surface area contributed by atoms with E-state index in [1.54, 1.807) is 42.5 Å². The minimum atomic E-state index is -0.393. The van der Waals surface area contributed by atoms with Gasteiger partial charge in [0.1, 0.15) is 11.6 Å². The van der Waals surface area contributed by atoms with E-state index in [1.807, 2.05) is 0 Å². The average Bonchev–Trinajstić information content (AvgIpc) is 2.93. The third-order valence-corrected chi connectivity index (χ3v) is 6.46. The van der Waals surface area contributed by atoms with Gasteiger partial charge in [-0.25, -0.2) is 9.97 Å². The lowest BCUT2D eigenvalue weighted by molar-refractivity contribution is 0.0724. The van der Waals surface area contributed by atoms with E-state index in [2.05, 4.69) is 30.4 Å². The zero-order valence-corrected chi connectivity index (χ0v) is 22.1. The lowest BCUT2D eigenvalue weighted by Gasteiger charge is -2.35. The Balaban J connectivity index is 1.33. The number of hydrogen-bond donors (Lipinski definition) is 3. The topological polar surface area (TPSA) is 120 Å². The Morgan fingerprint density at radius 3 is 2.47 bits per heavy atom. The molecule has 2 amide bonds. The Labute approximate surface area is 230 Å². The number of aliphatic hydroxyl groups excluding tert-OH is 1. The maximum Gasteiger partial charge on any atom is 0.257 e. The van der Waals surface area contributed by atoms with Gasteiger partial charge in [0.2, 0.25) is 0 Å². The van der Waals surface area contributed by atoms with Gasteiger partial charge in [-0.2, -0.15) is 0 Å². The smallest absolute Gasteiger partial charge is 0.257 e. The minimum absolute atomic E-state index is 0.0246. The summed E-state index contributed by atoms with van der Waals surface area (Å²) in [5, 5.41) is 15.0. The first-order valence-corrected chi connectivity index (χ1v) is 12.8. The van der Waals surface area contributed by atoms with Gasteiger partial charge in [-0.1, -0.05) is 29.3 Å². The largest absolute Gasteiger partial charge is 0.394 e. The molecule has 1 fully saturated rings. The molecule has 2 aromatic heterocycles. The molecule has 3 aromatic rings. The van der Waals surface area contributed by atoms with Crippen molar-refractivity contribution < 1.29 is 19.4 Å². The number of amides is 2. The summed E-state index contributed by atoms with van der Waals surface area (Å²) in [4.78, 5) is 38.4. The van der Waals surface area contributed by atoms with Crippen molar-refractivity contribution in [3.8, 4) is 0 Å². The number of halogens is 2. The van der Waals surface area contributed by atoms with E-state index < -0.39 is 5.91 Å². The predicted octanol–water partition coefficient (Wildman–Crippen LogP) is 3.42. The van der Waals surface area contributed by atoms with Crippen molar-refractivity contribution in [3.63, 3.8) is 0 Å². The van der Waals surface area contributed by atoms with Gasteiger partial charge in [-0.15, -0.1) is 0 Å². The quantitative estimate of drug-likeness (QED) is 0.324. The van der Waals surface area contributed by atoms with Crippen molar-refractivity contribution in [1.82, 2.24) is 14.9 Å². The van der Waals surface area contributed by atoms with E-state index in [-0.39, 0.29) is 17.5 Å². The van der Waals surface area contributed by atoms with Crippen LogP contribution in [0.1, 0.15) is 20.7 Å². The first-order chi connectivity index (χ1) is 18.4. The van der Waals surface area contributed by atoms with Gasteiger partial charge < -0.3 is 25.4 Å². The number of ether oxygens (including phenoxy) is 1. The third-order valence-electron chi connectivity index (χ3n) is 5.92. The molecule has 1 saturated heterocycles. The van der Waals surface area contributed by atoms with Gasteiger partial charge in [0.15, 0.2) is 0 Å². The maximum absolute atomic E-state index is 13.0. The number of piperazine rings is 1. The van der Waals surface area contributed by atoms with Crippen LogP contribution in [0.4, 0.5) is 17.3 Å². The second kappa shape index (κ2) is 13.5. The van der Waals surface area contributed by atoms with Crippen LogP contribution in [0.15, 0.2) is 54.9 Å². The Bertz CT molecular complexity index is 1250. The number of nitrogens with zero attached hydrogens (tertiary/aromatic N) is 4. The summed E-state index contributed by atoms with van der Waals surface area (Å²) in [6, 6.07) is 11.5. The predicted molar refractivity (Wildman–Crippen MR) is 147 cm³/mol. The number of carbonyl (C=O) groups is 2. The Kier molecular flexibility index (Phi) is 9.85. The fourth-order valence-corrected chi connectivity index (χ4v) is 4.27. The highest BCUT2D eigenvalue weighted by molar-refractivity contribution is 6.34. The summed E-state index contributed by atoms with van der Waals surface area (Å²) in [6.07, 6.45) is 2.93. The second-order valence-corrected chi connectivity index (χ2v) is 9.38. The summed E-state index contributed by atoms with van der Waals surface area (Å²) in [5.74, 6) is 0.267. The molecule has 10 nitrogen and oxygen atoms in total. The molecule has 1 aromatic carbocycles. The first kappa shape index (κ1) is 27.7. The molecule has 200 valence electrons. The highest BCUT2D eigenvalue weighted by Crippen LogP contribution is 2.23. The van der Waals surface area contributed by atoms with E-state index in [0.717, 1.165) is 32.7 Å². The number of hydrogen-bond acceptors (Lipinski definition) is 8. The number of rotatable bonds is 10. The number of anilines is 3. The van der Waals surface area contributed by atoms with Crippen molar-refractivity contribution in [1.29, 1.82) is 0 Å². The fraction of sp³-hybridized carbons (Fsp3) is 0.308. The SMILES string of the molecule is O=C(Nc1ccc(NC(=O)c2cc(N3CCN(CCOCCO)CC3)ncc2Cl)cn1)c1cccc(Cl)c1. The molecule has 0 radical (unpaired) electrons. The molecule has 0 atom stereocenters. The molecule has 3 N–H and O–H groups in total. The monoisotopic (exact) mass is 558 g/mol. The summed E-state index contributed by atoms with van der Waals surface area (Å²) in [5.41, 5.74) is 1.16. The van der Waals surface area contributed by atoms with E-state index in [4.69, 9.17) is 33.0 Å². The molecule has 0 unspecified atom stereocenters. The number of aromatic nitrogens is 2. The van der Waals surface area contributed by atoms with Crippen LogP contribution in [0.25, 0.3) is 0 Å². The number of pyridine rings is 2. The number of benzene rings is 1. The number of carbonyl (C=O) groups excluding carboxylic acids is 2. The Morgan fingerprint density at radius 1 is 0.947 bits per heavy atom. The van der Waals surface area contributed by atoms with Gasteiger partial charge in [0.05, 0.1) is 42.3 Å². The van der Waals surface area contributed by atoms with Gasteiger partial charge in [-0.3, -0.25) is 14.5 Å². The normalized spacial score (nSPS) is 13.8. The molecule has 3 heterocycles. The van der Waals surface area contributed by atoms with E-state index in [0.29, 0.717) is 46.7 Å². The lowest BCUT2D eigenvalue weighted by atomic mass is 10.2. The summed E-state index contributed by atoms with van der Waals surface area (Å²) in [7, 11) is 0. The first-order valence-electron chi connectivity index (χ1n) is 12.1. The zero-order valence-electron chi connectivity index (χ0n) is 20.6. The van der Waals surface area contributed by atoms with Gasteiger partial charge in [-0.05, 0) is 36.4 Å². The Hall–Kier alpha value is -3.28. The molecule has 4 rings (SSSR count). The molecular weight excluding hydrogens is 531 g/mol. The van der Waals surface area contributed by atoms with Gasteiger partial charge in [0, 0.05) is 49.5 Å².